The van der Waals surface area contributed by atoms with E-state index in [0.29, 0.717) is 12.2 Å². The first-order chi connectivity index (χ1) is 14.3. The van der Waals surface area contributed by atoms with Crippen LogP contribution in [0.1, 0.15) is 32.0 Å². The lowest BCUT2D eigenvalue weighted by atomic mass is 10.2. The van der Waals surface area contributed by atoms with Crippen LogP contribution in [-0.2, 0) is 39.1 Å². The summed E-state index contributed by atoms with van der Waals surface area (Å²) in [6.07, 6.45) is 3.71. The highest BCUT2D eigenvalue weighted by molar-refractivity contribution is 7.89. The van der Waals surface area contributed by atoms with Gasteiger partial charge in [-0.1, -0.05) is 6.42 Å². The number of aryl methyl sites for hydroxylation is 1. The molecule has 11 heteroatoms. The van der Waals surface area contributed by atoms with Gasteiger partial charge in [-0.25, -0.2) is 22.6 Å². The summed E-state index contributed by atoms with van der Waals surface area (Å²) in [5.74, 6) is 0.308. The number of carbonyl (C=O) groups excluding carboxylic acids is 1. The standard InChI is InChI=1S/C19H27N5O5S/c1-14(13-29-2)22-30(27,28)16-9-7-15(8-10-16)20-18(25)12-24-19(26)23-11-5-3-4-6-17(23)21-24/h7-10,14,22H,3-6,11-13H2,1-2H3,(H,20,25). The van der Waals surface area contributed by atoms with Crippen molar-refractivity contribution in [1.82, 2.24) is 19.1 Å². The number of fused-ring (bicyclic) bond motifs is 1. The number of nitrogens with zero attached hydrogens (tertiary/aromatic N) is 3. The summed E-state index contributed by atoms with van der Waals surface area (Å²) in [5.41, 5.74) is 0.150. The first-order valence-electron chi connectivity index (χ1n) is 9.88. The Labute approximate surface area is 175 Å². The van der Waals surface area contributed by atoms with Gasteiger partial charge in [-0.2, -0.15) is 5.10 Å². The third-order valence-corrected chi connectivity index (χ3v) is 6.40. The Balaban J connectivity index is 1.63. The van der Waals surface area contributed by atoms with Crippen molar-refractivity contribution in [1.29, 1.82) is 0 Å². The van der Waals surface area contributed by atoms with Crippen molar-refractivity contribution in [3.63, 3.8) is 0 Å². The van der Waals surface area contributed by atoms with E-state index < -0.39 is 15.9 Å². The van der Waals surface area contributed by atoms with E-state index in [0.717, 1.165) is 31.5 Å². The third-order valence-electron chi connectivity index (χ3n) is 4.80. The number of hydrogen-bond acceptors (Lipinski definition) is 6. The van der Waals surface area contributed by atoms with Gasteiger partial charge in [-0.05, 0) is 44.0 Å². The number of rotatable bonds is 8. The fraction of sp³-hybridized carbons (Fsp3) is 0.526. The number of amides is 1. The summed E-state index contributed by atoms with van der Waals surface area (Å²) < 4.78 is 35.0. The molecule has 2 N–H and O–H groups in total. The zero-order valence-electron chi connectivity index (χ0n) is 17.1. The molecule has 1 aliphatic rings. The van der Waals surface area contributed by atoms with Gasteiger partial charge in [0, 0.05) is 31.8 Å². The summed E-state index contributed by atoms with van der Waals surface area (Å²) in [5, 5.41) is 6.96. The number of benzene rings is 1. The van der Waals surface area contributed by atoms with E-state index in [1.807, 2.05) is 0 Å². The molecule has 2 heterocycles. The van der Waals surface area contributed by atoms with Crippen molar-refractivity contribution in [2.24, 2.45) is 0 Å². The summed E-state index contributed by atoms with van der Waals surface area (Å²) >= 11 is 0. The average Bonchev–Trinajstić information content (AvgIpc) is 2.84. The van der Waals surface area contributed by atoms with Gasteiger partial charge in [-0.15, -0.1) is 0 Å². The van der Waals surface area contributed by atoms with Crippen molar-refractivity contribution >= 4 is 21.6 Å². The van der Waals surface area contributed by atoms with Crippen LogP contribution in [0, 0.1) is 0 Å². The van der Waals surface area contributed by atoms with Crippen molar-refractivity contribution in [2.75, 3.05) is 19.0 Å². The molecule has 3 rings (SSSR count). The molecule has 1 atom stereocenters. The molecule has 1 aromatic heterocycles. The van der Waals surface area contributed by atoms with Crippen molar-refractivity contribution in [3.05, 3.63) is 40.6 Å². The minimum Gasteiger partial charge on any atom is -0.383 e. The lowest BCUT2D eigenvalue weighted by Gasteiger charge is -2.13. The van der Waals surface area contributed by atoms with Gasteiger partial charge in [0.1, 0.15) is 12.4 Å². The molecule has 1 amide bonds. The maximum Gasteiger partial charge on any atom is 0.346 e. The van der Waals surface area contributed by atoms with Gasteiger partial charge in [0.15, 0.2) is 0 Å². The zero-order valence-corrected chi connectivity index (χ0v) is 17.9. The number of hydrogen-bond donors (Lipinski definition) is 2. The Hall–Kier alpha value is -2.50. The molecule has 0 bridgehead atoms. The van der Waals surface area contributed by atoms with E-state index in [4.69, 9.17) is 4.74 Å². The fourth-order valence-corrected chi connectivity index (χ4v) is 4.63. The monoisotopic (exact) mass is 437 g/mol. The zero-order chi connectivity index (χ0) is 21.7. The number of methoxy groups -OCH3 is 1. The van der Waals surface area contributed by atoms with Gasteiger partial charge < -0.3 is 10.1 Å². The van der Waals surface area contributed by atoms with Crippen LogP contribution in [-0.4, -0.2) is 48.4 Å². The molecular weight excluding hydrogens is 410 g/mol. The van der Waals surface area contributed by atoms with E-state index in [1.165, 1.54) is 36.1 Å². The first kappa shape index (κ1) is 22.2. The summed E-state index contributed by atoms with van der Waals surface area (Å²) in [6.45, 7) is 2.38. The van der Waals surface area contributed by atoms with Crippen LogP contribution in [0.25, 0.3) is 0 Å². The molecule has 164 valence electrons. The molecule has 0 saturated heterocycles. The number of anilines is 1. The lowest BCUT2D eigenvalue weighted by Crippen LogP contribution is -2.35. The van der Waals surface area contributed by atoms with E-state index in [-0.39, 0.29) is 29.8 Å². The average molecular weight is 438 g/mol. The van der Waals surface area contributed by atoms with Gasteiger partial charge in [0.25, 0.3) is 0 Å². The van der Waals surface area contributed by atoms with Gasteiger partial charge >= 0.3 is 5.69 Å². The van der Waals surface area contributed by atoms with E-state index in [1.54, 1.807) is 11.5 Å². The van der Waals surface area contributed by atoms with Crippen LogP contribution in [0.5, 0.6) is 0 Å². The largest absolute Gasteiger partial charge is 0.383 e. The number of sulfonamides is 1. The highest BCUT2D eigenvalue weighted by atomic mass is 32.2. The van der Waals surface area contributed by atoms with Gasteiger partial charge in [0.2, 0.25) is 15.9 Å². The van der Waals surface area contributed by atoms with Gasteiger partial charge in [-0.3, -0.25) is 9.36 Å². The minimum absolute atomic E-state index is 0.0810. The normalized spacial score (nSPS) is 15.3. The smallest absolute Gasteiger partial charge is 0.346 e. The number of ether oxygens (including phenoxy) is 1. The molecule has 30 heavy (non-hydrogen) atoms. The Bertz CT molecular complexity index is 1040. The lowest BCUT2D eigenvalue weighted by molar-refractivity contribution is -0.117. The quantitative estimate of drug-likeness (QED) is 0.627. The minimum atomic E-state index is -3.69. The van der Waals surface area contributed by atoms with Crippen LogP contribution in [0.3, 0.4) is 0 Å². The predicted octanol–water partition coefficient (Wildman–Crippen LogP) is 0.723. The molecule has 1 aromatic carbocycles. The predicted molar refractivity (Wildman–Crippen MR) is 111 cm³/mol. The summed E-state index contributed by atoms with van der Waals surface area (Å²) in [7, 11) is -2.19. The Morgan fingerprint density at radius 1 is 1.23 bits per heavy atom. The van der Waals surface area contributed by atoms with Crippen molar-refractivity contribution < 1.29 is 17.9 Å². The van der Waals surface area contributed by atoms with Gasteiger partial charge in [0.05, 0.1) is 11.5 Å². The van der Waals surface area contributed by atoms with Crippen LogP contribution in [0.15, 0.2) is 34.0 Å². The molecule has 0 radical (unpaired) electrons. The maximum atomic E-state index is 12.4. The second kappa shape index (κ2) is 9.54. The number of aromatic nitrogens is 3. The van der Waals surface area contributed by atoms with E-state index in [2.05, 4.69) is 15.1 Å². The van der Waals surface area contributed by atoms with Crippen LogP contribution in [0.2, 0.25) is 0 Å². The molecule has 0 spiro atoms. The van der Waals surface area contributed by atoms with E-state index >= 15 is 0 Å². The molecule has 10 nitrogen and oxygen atoms in total. The van der Waals surface area contributed by atoms with Crippen molar-refractivity contribution in [2.45, 2.75) is 56.6 Å². The first-order valence-corrected chi connectivity index (χ1v) is 11.4. The molecule has 0 fully saturated rings. The maximum absolute atomic E-state index is 12.4. The summed E-state index contributed by atoms with van der Waals surface area (Å²) in [4.78, 5) is 24.9. The third kappa shape index (κ3) is 5.35. The van der Waals surface area contributed by atoms with Crippen LogP contribution in [0.4, 0.5) is 5.69 Å². The second-order valence-electron chi connectivity index (χ2n) is 7.37. The molecular formula is C19H27N5O5S. The molecule has 2 aromatic rings. The van der Waals surface area contributed by atoms with Crippen LogP contribution >= 0.6 is 0 Å². The molecule has 0 aliphatic carbocycles. The Kier molecular flexibility index (Phi) is 7.06. The molecule has 1 aliphatic heterocycles. The SMILES string of the molecule is COCC(C)NS(=O)(=O)c1ccc(NC(=O)Cn2nc3n(c2=O)CCCCC3)cc1. The highest BCUT2D eigenvalue weighted by Crippen LogP contribution is 2.15. The topological polar surface area (TPSA) is 124 Å². The molecule has 0 saturated carbocycles. The number of nitrogens with one attached hydrogen (secondary N) is 2. The van der Waals surface area contributed by atoms with Crippen molar-refractivity contribution in [3.8, 4) is 0 Å². The second-order valence-corrected chi connectivity index (χ2v) is 9.08. The Morgan fingerprint density at radius 3 is 2.67 bits per heavy atom. The van der Waals surface area contributed by atoms with E-state index in [9.17, 15) is 18.0 Å². The molecule has 1 unspecified atom stereocenters. The number of carbonyl (C=O) groups is 1. The van der Waals surface area contributed by atoms with Crippen LogP contribution < -0.4 is 15.7 Å². The summed E-state index contributed by atoms with van der Waals surface area (Å²) in [6, 6.07) is 5.44. The Morgan fingerprint density at radius 2 is 1.97 bits per heavy atom. The highest BCUT2D eigenvalue weighted by Gasteiger charge is 2.19. The fourth-order valence-electron chi connectivity index (χ4n) is 3.40.